The molecule has 4 rings (SSSR count). The Labute approximate surface area is 187 Å². The van der Waals surface area contributed by atoms with E-state index in [1.54, 1.807) is 18.2 Å². The summed E-state index contributed by atoms with van der Waals surface area (Å²) in [5, 5.41) is 18.8. The fourth-order valence-corrected chi connectivity index (χ4v) is 3.64. The number of nitrogens with one attached hydrogen (secondary N) is 1. The van der Waals surface area contributed by atoms with Crippen LogP contribution in [-0.4, -0.2) is 53.0 Å². The molecule has 2 aliphatic rings. The quantitative estimate of drug-likeness (QED) is 0.201. The van der Waals surface area contributed by atoms with E-state index in [1.807, 2.05) is 0 Å². The van der Waals surface area contributed by atoms with E-state index < -0.39 is 31.2 Å². The molecular formula is C21H28N5O6+. The van der Waals surface area contributed by atoms with Gasteiger partial charge in [-0.2, -0.15) is 4.98 Å². The van der Waals surface area contributed by atoms with Gasteiger partial charge in [0.05, 0.1) is 28.3 Å². The van der Waals surface area contributed by atoms with E-state index in [0.717, 1.165) is 12.8 Å². The Hall–Kier alpha value is -3.15. The largest absolute Gasteiger partial charge is 0.491 e. The van der Waals surface area contributed by atoms with Crippen molar-refractivity contribution >= 4 is 17.3 Å². The van der Waals surface area contributed by atoms with Crippen molar-refractivity contribution in [2.24, 2.45) is 5.73 Å². The van der Waals surface area contributed by atoms with Crippen molar-refractivity contribution in [3.05, 3.63) is 34.9 Å². The molecule has 1 aromatic heterocycles. The highest BCUT2D eigenvalue weighted by atomic mass is 16.6. The molecule has 11 nitrogen and oxygen atoms in total. The predicted octanol–water partition coefficient (Wildman–Crippen LogP) is 0.0528. The molecule has 1 unspecified atom stereocenters. The van der Waals surface area contributed by atoms with Crippen molar-refractivity contribution in [1.82, 2.24) is 9.55 Å². The second-order valence-corrected chi connectivity index (χ2v) is 7.65. The number of nitrogens with zero attached hydrogens (tertiary/aromatic N) is 2. The minimum atomic E-state index is -1.49. The third kappa shape index (κ3) is 4.69. The first-order chi connectivity index (χ1) is 16.3. The van der Waals surface area contributed by atoms with Gasteiger partial charge in [-0.15, -0.1) is 0 Å². The zero-order valence-corrected chi connectivity index (χ0v) is 17.4. The van der Waals surface area contributed by atoms with Crippen molar-refractivity contribution in [1.29, 1.82) is 0 Å². The number of ether oxygens (including phenoxy) is 4. The fourth-order valence-electron chi connectivity index (χ4n) is 3.64. The van der Waals surface area contributed by atoms with E-state index in [2.05, 4.69) is 10.3 Å². The van der Waals surface area contributed by atoms with Gasteiger partial charge in [0, 0.05) is 19.9 Å². The molecule has 32 heavy (non-hydrogen) atoms. The maximum atomic E-state index is 12.7. The summed E-state index contributed by atoms with van der Waals surface area (Å²) in [7, 11) is -1.49. The molecule has 4 atom stereocenters. The molecule has 0 radical (unpaired) electrons. The molecule has 1 aromatic carbocycles. The van der Waals surface area contributed by atoms with Crippen LogP contribution in [0.25, 0.3) is 0 Å². The van der Waals surface area contributed by atoms with Crippen molar-refractivity contribution in [2.75, 3.05) is 25.6 Å². The Kier molecular flexibility index (Phi) is 5.83. The second kappa shape index (κ2) is 9.55. The number of anilines is 2. The third-order valence-corrected chi connectivity index (χ3v) is 5.26. The summed E-state index contributed by atoms with van der Waals surface area (Å²) < 4.78 is 37.9. The maximum Gasteiger partial charge on any atom is 0.351 e. The van der Waals surface area contributed by atoms with Gasteiger partial charge in [0.1, 0.15) is 23.8 Å². The van der Waals surface area contributed by atoms with Crippen LogP contribution >= 0.6 is 0 Å². The molecule has 1 fully saturated rings. The van der Waals surface area contributed by atoms with Gasteiger partial charge in [-0.1, -0.05) is 6.07 Å². The minimum absolute atomic E-state index is 0.130. The Balaban J connectivity index is 1.46. The van der Waals surface area contributed by atoms with Crippen molar-refractivity contribution in [2.45, 2.75) is 44.1 Å². The summed E-state index contributed by atoms with van der Waals surface area (Å²) in [6.45, 7) is 0.329. The SMILES string of the molecule is [2H]C([3H])OC[C@H]1O[C@@H](n2cc3c(nc2=O)Nc2c(OCCCCC(N)=[NH2+])cccc2O3)C[C@H]1O. The van der Waals surface area contributed by atoms with Crippen LogP contribution in [0.4, 0.5) is 11.5 Å². The third-order valence-electron chi connectivity index (χ3n) is 5.26. The number of methoxy groups -OCH3 is 1. The van der Waals surface area contributed by atoms with E-state index in [0.29, 0.717) is 41.8 Å². The molecule has 0 saturated carbocycles. The molecular weight excluding hydrogens is 418 g/mol. The van der Waals surface area contributed by atoms with Crippen LogP contribution in [0.15, 0.2) is 29.2 Å². The van der Waals surface area contributed by atoms with Crippen molar-refractivity contribution < 1.29 is 32.2 Å². The summed E-state index contributed by atoms with van der Waals surface area (Å²) in [6.07, 6.45) is 1.35. The fraction of sp³-hybridized carbons (Fsp3) is 0.476. The molecule has 2 aliphatic heterocycles. The van der Waals surface area contributed by atoms with E-state index in [1.165, 1.54) is 10.8 Å². The van der Waals surface area contributed by atoms with Crippen LogP contribution in [0.2, 0.25) is 0 Å². The number of hydrogen-bond donors (Lipinski definition) is 4. The lowest BCUT2D eigenvalue weighted by molar-refractivity contribution is -0.118. The van der Waals surface area contributed by atoms with Gasteiger partial charge in [0.15, 0.2) is 17.3 Å². The standard InChI is InChI=1S/C21H27N5O6/c1-29-11-16-12(27)9-18(32-16)26-10-15-20(25-21(26)28)24-19-13(5-4-6-14(19)31-15)30-8-3-2-7-17(22)23/h4-6,10,12,16,18,27H,2-3,7-9,11H2,1H3,(H3,22,23)(H,24,25,28)/p+1/t12-,16-,18-/m1/s1/i1TD/t1?,12-,16-,18-. The molecule has 6 N–H and O–H groups in total. The van der Waals surface area contributed by atoms with Crippen LogP contribution in [0.3, 0.4) is 0 Å². The van der Waals surface area contributed by atoms with Crippen LogP contribution in [0.5, 0.6) is 17.2 Å². The summed E-state index contributed by atoms with van der Waals surface area (Å²) in [6, 6.07) is 5.35. The summed E-state index contributed by atoms with van der Waals surface area (Å²) >= 11 is 0. The lowest BCUT2D eigenvalue weighted by Gasteiger charge is -2.24. The van der Waals surface area contributed by atoms with Gasteiger partial charge < -0.3 is 29.4 Å². The first kappa shape index (κ1) is 19.5. The Bertz CT molecular complexity index is 1100. The number of aliphatic hydroxyl groups excluding tert-OH is 1. The summed E-state index contributed by atoms with van der Waals surface area (Å²) in [5.74, 6) is 2.02. The molecule has 0 aliphatic carbocycles. The number of aromatic nitrogens is 2. The van der Waals surface area contributed by atoms with Crippen molar-refractivity contribution in [3.8, 4) is 17.2 Å². The number of nitrogens with two attached hydrogens (primary N) is 2. The van der Waals surface area contributed by atoms with Gasteiger partial charge in [0.25, 0.3) is 0 Å². The van der Waals surface area contributed by atoms with E-state index in [4.69, 9.17) is 32.8 Å². The number of para-hydroxylation sites is 1. The number of rotatable bonds is 9. The Morgan fingerprint density at radius 1 is 1.53 bits per heavy atom. The number of fused-ring (bicyclic) bond motifs is 2. The Morgan fingerprint density at radius 3 is 3.22 bits per heavy atom. The molecule has 172 valence electrons. The zero-order valence-electron chi connectivity index (χ0n) is 19.4. The van der Waals surface area contributed by atoms with E-state index in [-0.39, 0.29) is 18.8 Å². The van der Waals surface area contributed by atoms with Gasteiger partial charge in [-0.05, 0) is 25.0 Å². The van der Waals surface area contributed by atoms with Gasteiger partial charge in [0.2, 0.25) is 5.84 Å². The molecule has 0 bridgehead atoms. The normalized spacial score (nSPS) is 23.1. The van der Waals surface area contributed by atoms with E-state index in [9.17, 15) is 9.90 Å². The lowest BCUT2D eigenvalue weighted by Crippen LogP contribution is -2.45. The number of aliphatic hydroxyl groups is 1. The molecule has 11 heteroatoms. The average molecular weight is 449 g/mol. The molecule has 2 aromatic rings. The molecule has 3 heterocycles. The lowest BCUT2D eigenvalue weighted by atomic mass is 10.2. The Morgan fingerprint density at radius 2 is 2.41 bits per heavy atom. The van der Waals surface area contributed by atoms with Crippen molar-refractivity contribution in [3.63, 3.8) is 0 Å². The van der Waals surface area contributed by atoms with Gasteiger partial charge in [-0.25, -0.2) is 4.79 Å². The summed E-state index contributed by atoms with van der Waals surface area (Å²) in [4.78, 5) is 16.8. The first-order valence-corrected chi connectivity index (χ1v) is 10.3. The highest BCUT2D eigenvalue weighted by molar-refractivity contribution is 5.77. The zero-order chi connectivity index (χ0) is 24.2. The smallest absolute Gasteiger partial charge is 0.351 e. The summed E-state index contributed by atoms with van der Waals surface area (Å²) in [5.41, 5.74) is 5.45. The van der Waals surface area contributed by atoms with Crippen LogP contribution < -0.4 is 31.6 Å². The number of unbranched alkanes of at least 4 members (excludes halogenated alkanes) is 1. The number of benzene rings is 1. The maximum absolute atomic E-state index is 12.7. The van der Waals surface area contributed by atoms with E-state index >= 15 is 0 Å². The minimum Gasteiger partial charge on any atom is -0.491 e. The molecule has 1 saturated heterocycles. The van der Waals surface area contributed by atoms with Crippen LogP contribution in [-0.2, 0) is 9.47 Å². The predicted molar refractivity (Wildman–Crippen MR) is 115 cm³/mol. The van der Waals surface area contributed by atoms with Crippen LogP contribution in [0.1, 0.15) is 34.7 Å². The van der Waals surface area contributed by atoms with Crippen LogP contribution in [0, 0.1) is 0 Å². The molecule has 0 amide bonds. The van der Waals surface area contributed by atoms with Gasteiger partial charge >= 0.3 is 5.69 Å². The topological polar surface area (TPSA) is 156 Å². The first-order valence-electron chi connectivity index (χ1n) is 11.5. The average Bonchev–Trinajstić information content (AvgIpc) is 3.16. The van der Waals surface area contributed by atoms with Gasteiger partial charge in [-0.3, -0.25) is 15.7 Å². The second-order valence-electron chi connectivity index (χ2n) is 7.65. The number of amidine groups is 1. The molecule has 0 spiro atoms. The highest BCUT2D eigenvalue weighted by Crippen LogP contribution is 2.45. The number of hydrogen-bond acceptors (Lipinski definition) is 8. The highest BCUT2D eigenvalue weighted by Gasteiger charge is 2.36. The monoisotopic (exact) mass is 449 g/mol.